The van der Waals surface area contributed by atoms with Crippen LogP contribution in [0.15, 0.2) is 32.3 Å². The third kappa shape index (κ3) is 3.49. The lowest BCUT2D eigenvalue weighted by atomic mass is 10.1. The number of piperazine rings is 1. The molecule has 0 atom stereocenters. The Bertz CT molecular complexity index is 1240. The number of halogens is 3. The smallest absolute Gasteiger partial charge is 0.417 e. The Morgan fingerprint density at radius 1 is 0.967 bits per heavy atom. The maximum absolute atomic E-state index is 13.2. The number of fused-ring (bicyclic) bond motifs is 1. The van der Waals surface area contributed by atoms with Crippen molar-refractivity contribution in [3.63, 3.8) is 0 Å². The second-order valence-corrected chi connectivity index (χ2v) is 6.64. The number of alkyl halides is 3. The molecule has 4 heterocycles. The summed E-state index contributed by atoms with van der Waals surface area (Å²) in [5.74, 6) is -1.44. The second kappa shape index (κ2) is 6.93. The van der Waals surface area contributed by atoms with Gasteiger partial charge in [-0.1, -0.05) is 0 Å². The summed E-state index contributed by atoms with van der Waals surface area (Å²) in [6, 6.07) is 1.35. The minimum Gasteiger partial charge on any atom is -0.434 e. The van der Waals surface area contributed by atoms with E-state index in [9.17, 15) is 32.3 Å². The van der Waals surface area contributed by atoms with Crippen LogP contribution < -0.4 is 11.2 Å². The van der Waals surface area contributed by atoms with Crippen molar-refractivity contribution in [2.24, 2.45) is 0 Å². The van der Waals surface area contributed by atoms with Crippen molar-refractivity contribution in [2.75, 3.05) is 26.2 Å². The lowest BCUT2D eigenvalue weighted by Gasteiger charge is -2.34. The SMILES string of the molecule is O=C(c1c[nH]c(=O)[nH]1)N1CCN(C(=O)c2cc3c(C(F)(F)F)cc(=O)[nH]c3o2)CC1. The zero-order chi connectivity index (χ0) is 21.6. The number of aromatic nitrogens is 3. The molecule has 4 rings (SSSR count). The van der Waals surface area contributed by atoms with Crippen LogP contribution in [-0.4, -0.2) is 62.7 Å². The number of carbonyl (C=O) groups is 2. The van der Waals surface area contributed by atoms with Gasteiger partial charge in [-0.2, -0.15) is 13.2 Å². The minimum atomic E-state index is -4.79. The number of furan rings is 1. The molecule has 3 aromatic rings. The van der Waals surface area contributed by atoms with Crippen molar-refractivity contribution < 1.29 is 27.2 Å². The van der Waals surface area contributed by atoms with Gasteiger partial charge < -0.3 is 24.2 Å². The Kier molecular flexibility index (Phi) is 4.51. The average Bonchev–Trinajstić information content (AvgIpc) is 3.31. The molecule has 13 heteroatoms. The van der Waals surface area contributed by atoms with Crippen molar-refractivity contribution in [2.45, 2.75) is 6.18 Å². The van der Waals surface area contributed by atoms with Crippen LogP contribution in [0.4, 0.5) is 13.2 Å². The molecule has 0 aliphatic carbocycles. The first-order chi connectivity index (χ1) is 14.1. The van der Waals surface area contributed by atoms with Gasteiger partial charge in [-0.05, 0) is 6.07 Å². The Morgan fingerprint density at radius 2 is 1.60 bits per heavy atom. The van der Waals surface area contributed by atoms with Gasteiger partial charge in [-0.3, -0.25) is 19.4 Å². The van der Waals surface area contributed by atoms with E-state index in [2.05, 4.69) is 15.0 Å². The number of carbonyl (C=O) groups excluding carboxylic acids is 2. The molecule has 1 saturated heterocycles. The van der Waals surface area contributed by atoms with Gasteiger partial charge in [-0.25, -0.2) is 4.79 Å². The Labute approximate surface area is 164 Å². The summed E-state index contributed by atoms with van der Waals surface area (Å²) in [7, 11) is 0. The largest absolute Gasteiger partial charge is 0.434 e. The molecule has 0 radical (unpaired) electrons. The highest BCUT2D eigenvalue weighted by molar-refractivity contribution is 5.96. The number of aromatic amines is 3. The van der Waals surface area contributed by atoms with Gasteiger partial charge in [0.2, 0.25) is 5.71 Å². The van der Waals surface area contributed by atoms with Crippen molar-refractivity contribution in [1.82, 2.24) is 24.8 Å². The summed E-state index contributed by atoms with van der Waals surface area (Å²) >= 11 is 0. The van der Waals surface area contributed by atoms with E-state index in [4.69, 9.17) is 4.42 Å². The molecule has 30 heavy (non-hydrogen) atoms. The van der Waals surface area contributed by atoms with Gasteiger partial charge in [0.1, 0.15) is 5.69 Å². The van der Waals surface area contributed by atoms with Crippen molar-refractivity contribution >= 4 is 22.9 Å². The first kappa shape index (κ1) is 19.5. The third-order valence-corrected chi connectivity index (χ3v) is 4.73. The van der Waals surface area contributed by atoms with Crippen LogP contribution in [0.2, 0.25) is 0 Å². The molecule has 1 aliphatic rings. The van der Waals surface area contributed by atoms with Gasteiger partial charge in [-0.15, -0.1) is 0 Å². The second-order valence-electron chi connectivity index (χ2n) is 6.64. The van der Waals surface area contributed by atoms with E-state index in [1.54, 1.807) is 0 Å². The number of nitrogens with one attached hydrogen (secondary N) is 3. The predicted octanol–water partition coefficient (Wildman–Crippen LogP) is 0.754. The topological polar surface area (TPSA) is 135 Å². The number of rotatable bonds is 2. The molecule has 0 bridgehead atoms. The number of pyridine rings is 1. The normalized spacial score (nSPS) is 15.0. The summed E-state index contributed by atoms with van der Waals surface area (Å²) in [6.07, 6.45) is -3.54. The van der Waals surface area contributed by atoms with Crippen molar-refractivity contribution in [3.05, 3.63) is 56.2 Å². The molecule has 0 saturated carbocycles. The van der Waals surface area contributed by atoms with E-state index in [1.807, 2.05) is 0 Å². The molecule has 2 amide bonds. The molecule has 0 aromatic carbocycles. The molecule has 10 nitrogen and oxygen atoms in total. The highest BCUT2D eigenvalue weighted by atomic mass is 19.4. The molecule has 158 valence electrons. The Morgan fingerprint density at radius 3 is 2.17 bits per heavy atom. The predicted molar refractivity (Wildman–Crippen MR) is 95.1 cm³/mol. The number of hydrogen-bond acceptors (Lipinski definition) is 5. The number of nitrogens with zero attached hydrogens (tertiary/aromatic N) is 2. The summed E-state index contributed by atoms with van der Waals surface area (Å²) < 4.78 is 44.7. The third-order valence-electron chi connectivity index (χ3n) is 4.73. The number of hydrogen-bond donors (Lipinski definition) is 3. The van der Waals surface area contributed by atoms with E-state index in [0.29, 0.717) is 6.07 Å². The fourth-order valence-corrected chi connectivity index (χ4v) is 3.27. The van der Waals surface area contributed by atoms with Crippen LogP contribution in [0.1, 0.15) is 26.6 Å². The quantitative estimate of drug-likeness (QED) is 0.557. The standard InChI is InChI=1S/C17H14F3N5O5/c18-17(19,20)9-6-12(26)23-13-8(9)5-11(30-13)15(28)25-3-1-24(2-4-25)14(27)10-7-21-16(29)22-10/h5-7H,1-4H2,(H,23,26)(H2,21,22,29). The highest BCUT2D eigenvalue weighted by Crippen LogP contribution is 2.34. The molecule has 3 N–H and O–H groups in total. The van der Waals surface area contributed by atoms with E-state index in [1.165, 1.54) is 16.0 Å². The van der Waals surface area contributed by atoms with Crippen LogP contribution in [0.25, 0.3) is 11.1 Å². The summed E-state index contributed by atoms with van der Waals surface area (Å²) in [5, 5.41) is -0.421. The number of amides is 2. The fourth-order valence-electron chi connectivity index (χ4n) is 3.27. The lowest BCUT2D eigenvalue weighted by molar-refractivity contribution is -0.136. The number of H-pyrrole nitrogens is 3. The van der Waals surface area contributed by atoms with E-state index >= 15 is 0 Å². The Hall–Kier alpha value is -3.77. The molecular formula is C17H14F3N5O5. The molecule has 3 aromatic heterocycles. The first-order valence-electron chi connectivity index (χ1n) is 8.74. The monoisotopic (exact) mass is 425 g/mol. The van der Waals surface area contributed by atoms with Gasteiger partial charge >= 0.3 is 11.9 Å². The molecule has 1 aliphatic heterocycles. The van der Waals surface area contributed by atoms with Crippen LogP contribution in [0.5, 0.6) is 0 Å². The first-order valence-corrected chi connectivity index (χ1v) is 8.74. The summed E-state index contributed by atoms with van der Waals surface area (Å²) in [6.45, 7) is 0.531. The van der Waals surface area contributed by atoms with Gasteiger partial charge in [0.25, 0.3) is 17.4 Å². The summed E-state index contributed by atoms with van der Waals surface area (Å²) in [4.78, 5) is 57.2. The van der Waals surface area contributed by atoms with Gasteiger partial charge in [0.15, 0.2) is 5.76 Å². The lowest BCUT2D eigenvalue weighted by Crippen LogP contribution is -2.50. The van der Waals surface area contributed by atoms with Crippen molar-refractivity contribution in [1.29, 1.82) is 0 Å². The van der Waals surface area contributed by atoms with E-state index < -0.39 is 45.9 Å². The van der Waals surface area contributed by atoms with E-state index in [-0.39, 0.29) is 37.6 Å². The molecule has 1 fully saturated rings. The van der Waals surface area contributed by atoms with Crippen molar-refractivity contribution in [3.8, 4) is 0 Å². The minimum absolute atomic E-state index is 0.0840. The zero-order valence-corrected chi connectivity index (χ0v) is 15.1. The van der Waals surface area contributed by atoms with E-state index in [0.717, 1.165) is 6.07 Å². The van der Waals surface area contributed by atoms with Crippen LogP contribution in [0.3, 0.4) is 0 Å². The van der Waals surface area contributed by atoms with Crippen LogP contribution in [-0.2, 0) is 6.18 Å². The summed E-state index contributed by atoms with van der Waals surface area (Å²) in [5.41, 5.74) is -3.07. The molecular weight excluding hydrogens is 411 g/mol. The van der Waals surface area contributed by atoms with Gasteiger partial charge in [0, 0.05) is 38.4 Å². The number of imidazole rings is 1. The average molecular weight is 425 g/mol. The highest BCUT2D eigenvalue weighted by Gasteiger charge is 2.35. The van der Waals surface area contributed by atoms with Crippen LogP contribution in [0, 0.1) is 0 Å². The maximum atomic E-state index is 13.2. The maximum Gasteiger partial charge on any atom is 0.417 e. The van der Waals surface area contributed by atoms with Crippen LogP contribution >= 0.6 is 0 Å². The molecule has 0 unspecified atom stereocenters. The zero-order valence-electron chi connectivity index (χ0n) is 15.1. The van der Waals surface area contributed by atoms with Gasteiger partial charge in [0.05, 0.1) is 10.9 Å². The Balaban J connectivity index is 1.52. The molecule has 0 spiro atoms. The fraction of sp³-hybridized carbons (Fsp3) is 0.294.